The molecule has 0 atom stereocenters. The monoisotopic (exact) mass is 386 g/mol. The molecule has 0 aliphatic carbocycles. The second kappa shape index (κ2) is 30.7. The Kier molecular flexibility index (Phi) is 43.1. The number of carbonyl (C=O) groups is 2. The van der Waals surface area contributed by atoms with Crippen molar-refractivity contribution in [2.24, 2.45) is 0 Å². The quantitative estimate of drug-likeness (QED) is 0.325. The minimum absolute atomic E-state index is 0.250. The predicted octanol–water partition coefficient (Wildman–Crippen LogP) is 2.85. The number of ether oxygens (including phenoxy) is 4. The maximum absolute atomic E-state index is 11.6. The standard InChI is InChI=1S/C4H8F2O2.C4H10O2.2C2H3FO.C2H6O/c1-4(5,6)8-3-7-2;1-3-6-4-5-2;2*1-2(3)4;1-2-3/h3H2,1-2H3;3-4H2,1-2H3;2*1H3;3H,2H2,1H3. The van der Waals surface area contributed by atoms with Crippen LogP contribution in [0.3, 0.4) is 0 Å². The lowest BCUT2D eigenvalue weighted by molar-refractivity contribution is -0.260. The number of methoxy groups -OCH3 is 2. The Hall–Kier alpha value is -1.14. The van der Waals surface area contributed by atoms with Crippen LogP contribution in [0, 0.1) is 0 Å². The van der Waals surface area contributed by atoms with Gasteiger partial charge in [-0.2, -0.15) is 17.6 Å². The van der Waals surface area contributed by atoms with Crippen molar-refractivity contribution in [2.45, 2.75) is 40.7 Å². The molecule has 0 saturated heterocycles. The summed E-state index contributed by atoms with van der Waals surface area (Å²) in [6.45, 7) is 7.01. The lowest BCUT2D eigenvalue weighted by Crippen LogP contribution is -2.16. The summed E-state index contributed by atoms with van der Waals surface area (Å²) in [5.74, 6) is 0. The molecule has 0 bridgehead atoms. The topological polar surface area (TPSA) is 91.3 Å². The van der Waals surface area contributed by atoms with Crippen LogP contribution in [0.1, 0.15) is 34.6 Å². The minimum atomic E-state index is -3.07. The fourth-order valence-corrected chi connectivity index (χ4v) is 0.329. The number of halogens is 4. The summed E-state index contributed by atoms with van der Waals surface area (Å²) < 4.78 is 61.3. The molecule has 0 fully saturated rings. The van der Waals surface area contributed by atoms with Crippen molar-refractivity contribution in [3.8, 4) is 0 Å². The van der Waals surface area contributed by atoms with E-state index in [2.05, 4.69) is 14.2 Å². The molecule has 25 heavy (non-hydrogen) atoms. The molecule has 0 amide bonds. The Morgan fingerprint density at radius 3 is 1.32 bits per heavy atom. The van der Waals surface area contributed by atoms with Gasteiger partial charge in [0.1, 0.15) is 6.79 Å². The van der Waals surface area contributed by atoms with E-state index in [1.165, 1.54) is 7.11 Å². The summed E-state index contributed by atoms with van der Waals surface area (Å²) >= 11 is 0. The molecule has 11 heteroatoms. The van der Waals surface area contributed by atoms with E-state index in [1.54, 1.807) is 14.0 Å². The lowest BCUT2D eigenvalue weighted by atomic mass is 10.7. The molecule has 0 unspecified atom stereocenters. The number of hydrogen-bond donors (Lipinski definition) is 1. The summed E-state index contributed by atoms with van der Waals surface area (Å²) in [7, 11) is 2.89. The van der Waals surface area contributed by atoms with Crippen LogP contribution in [0.5, 0.6) is 0 Å². The second-order valence-corrected chi connectivity index (χ2v) is 3.51. The summed E-state index contributed by atoms with van der Waals surface area (Å²) in [5.41, 5.74) is 0. The number of rotatable bonds is 6. The zero-order chi connectivity index (χ0) is 21.3. The van der Waals surface area contributed by atoms with Gasteiger partial charge < -0.3 is 19.3 Å². The van der Waals surface area contributed by atoms with Gasteiger partial charge in [0, 0.05) is 48.2 Å². The molecule has 0 heterocycles. The van der Waals surface area contributed by atoms with Crippen LogP contribution in [0.2, 0.25) is 0 Å². The third-order valence-electron chi connectivity index (χ3n) is 0.836. The minimum Gasteiger partial charge on any atom is -0.397 e. The first kappa shape index (κ1) is 35.1. The van der Waals surface area contributed by atoms with Crippen molar-refractivity contribution < 1.29 is 51.2 Å². The van der Waals surface area contributed by atoms with Gasteiger partial charge in [-0.25, -0.2) is 0 Å². The van der Waals surface area contributed by atoms with Crippen LogP contribution < -0.4 is 0 Å². The van der Waals surface area contributed by atoms with Crippen LogP contribution >= 0.6 is 0 Å². The molecule has 0 saturated carbocycles. The van der Waals surface area contributed by atoms with Gasteiger partial charge in [-0.1, -0.05) is 0 Å². The zero-order valence-electron chi connectivity index (χ0n) is 15.7. The van der Waals surface area contributed by atoms with E-state index in [-0.39, 0.29) is 13.4 Å². The van der Waals surface area contributed by atoms with Gasteiger partial charge in [0.15, 0.2) is 6.79 Å². The predicted molar refractivity (Wildman–Crippen MR) is 83.4 cm³/mol. The number of alkyl halides is 2. The highest BCUT2D eigenvalue weighted by Crippen LogP contribution is 2.11. The van der Waals surface area contributed by atoms with E-state index in [9.17, 15) is 17.6 Å². The Morgan fingerprint density at radius 2 is 1.24 bits per heavy atom. The maximum Gasteiger partial charge on any atom is 0.354 e. The molecule has 1 N–H and O–H groups in total. The zero-order valence-corrected chi connectivity index (χ0v) is 15.7. The molecule has 156 valence electrons. The van der Waals surface area contributed by atoms with Crippen LogP contribution in [-0.4, -0.2) is 64.3 Å². The van der Waals surface area contributed by atoms with Gasteiger partial charge in [0.2, 0.25) is 0 Å². The highest BCUT2D eigenvalue weighted by atomic mass is 19.3. The molecule has 0 rings (SSSR count). The highest BCUT2D eigenvalue weighted by Gasteiger charge is 2.20. The first-order valence-electron chi connectivity index (χ1n) is 6.86. The summed E-state index contributed by atoms with van der Waals surface area (Å²) in [4.78, 5) is 17.6. The maximum atomic E-state index is 11.6. The van der Waals surface area contributed by atoms with Crippen LogP contribution in [0.25, 0.3) is 0 Å². The molecular formula is C14H30F4O7. The first-order chi connectivity index (χ1) is 11.4. The smallest absolute Gasteiger partial charge is 0.354 e. The van der Waals surface area contributed by atoms with Crippen molar-refractivity contribution in [1.29, 1.82) is 0 Å². The van der Waals surface area contributed by atoms with E-state index in [1.807, 2.05) is 6.92 Å². The van der Waals surface area contributed by atoms with Gasteiger partial charge in [-0.3, -0.25) is 14.3 Å². The SMILES string of the molecule is CC(=O)F.CC(=O)F.CCO.CCOCOC.COCOC(C)(F)F. The average Bonchev–Trinajstić information content (AvgIpc) is 2.42. The van der Waals surface area contributed by atoms with Crippen molar-refractivity contribution >= 4 is 12.1 Å². The molecule has 0 aromatic heterocycles. The first-order valence-corrected chi connectivity index (χ1v) is 6.86. The van der Waals surface area contributed by atoms with Crippen molar-refractivity contribution in [1.82, 2.24) is 0 Å². The van der Waals surface area contributed by atoms with Gasteiger partial charge in [-0.15, -0.1) is 0 Å². The van der Waals surface area contributed by atoms with E-state index >= 15 is 0 Å². The Morgan fingerprint density at radius 1 is 0.960 bits per heavy atom. The van der Waals surface area contributed by atoms with Crippen molar-refractivity contribution in [2.75, 3.05) is 41.0 Å². The average molecular weight is 386 g/mol. The number of aliphatic hydroxyl groups excluding tert-OH is 1. The summed E-state index contributed by atoms with van der Waals surface area (Å²) in [5, 5.41) is 7.57. The van der Waals surface area contributed by atoms with Crippen molar-refractivity contribution in [3.63, 3.8) is 0 Å². The van der Waals surface area contributed by atoms with Gasteiger partial charge >= 0.3 is 6.11 Å². The molecule has 0 spiro atoms. The van der Waals surface area contributed by atoms with Crippen LogP contribution in [0.4, 0.5) is 17.6 Å². The van der Waals surface area contributed by atoms with E-state index in [0.29, 0.717) is 13.7 Å². The highest BCUT2D eigenvalue weighted by molar-refractivity contribution is 5.64. The molecule has 0 radical (unpaired) electrons. The molecule has 0 aliphatic heterocycles. The third-order valence-corrected chi connectivity index (χ3v) is 0.836. The van der Waals surface area contributed by atoms with E-state index < -0.39 is 18.2 Å². The Bertz CT molecular complexity index is 238. The summed E-state index contributed by atoms with van der Waals surface area (Å²) in [6, 6.07) is -2.67. The number of hydrogen-bond acceptors (Lipinski definition) is 7. The van der Waals surface area contributed by atoms with E-state index in [0.717, 1.165) is 20.5 Å². The lowest BCUT2D eigenvalue weighted by Gasteiger charge is -2.08. The fraction of sp³-hybridized carbons (Fsp3) is 0.857. The number of aliphatic hydroxyl groups is 1. The normalized spacial score (nSPS) is 8.80. The molecule has 0 aromatic rings. The van der Waals surface area contributed by atoms with Crippen LogP contribution in [-0.2, 0) is 28.5 Å². The number of carbonyl (C=O) groups excluding carboxylic acids is 2. The largest absolute Gasteiger partial charge is 0.397 e. The summed E-state index contributed by atoms with van der Waals surface area (Å²) in [6.07, 6.45) is -3.07. The third kappa shape index (κ3) is 211. The van der Waals surface area contributed by atoms with Gasteiger partial charge in [0.25, 0.3) is 12.1 Å². The van der Waals surface area contributed by atoms with Crippen LogP contribution in [0.15, 0.2) is 0 Å². The second-order valence-electron chi connectivity index (χ2n) is 3.51. The Balaban J connectivity index is -0.0000000701. The molecular weight excluding hydrogens is 356 g/mol. The van der Waals surface area contributed by atoms with Crippen molar-refractivity contribution in [3.05, 3.63) is 0 Å². The molecule has 0 aromatic carbocycles. The fourth-order valence-electron chi connectivity index (χ4n) is 0.329. The Labute approximate surface area is 146 Å². The molecule has 7 nitrogen and oxygen atoms in total. The van der Waals surface area contributed by atoms with E-state index in [4.69, 9.17) is 19.4 Å². The van der Waals surface area contributed by atoms with Gasteiger partial charge in [-0.05, 0) is 13.8 Å². The molecule has 0 aliphatic rings. The van der Waals surface area contributed by atoms with Gasteiger partial charge in [0.05, 0.1) is 0 Å².